The Labute approximate surface area is 118 Å². The van der Waals surface area contributed by atoms with Crippen molar-refractivity contribution in [1.29, 1.82) is 0 Å². The summed E-state index contributed by atoms with van der Waals surface area (Å²) in [6, 6.07) is 7.61. The molecule has 0 aliphatic rings. The largest absolute Gasteiger partial charge is 0.492 e. The molecule has 0 bridgehead atoms. The summed E-state index contributed by atoms with van der Waals surface area (Å²) in [7, 11) is 1.46. The zero-order chi connectivity index (χ0) is 14.0. The van der Waals surface area contributed by atoms with Crippen molar-refractivity contribution in [2.45, 2.75) is 0 Å². The quantitative estimate of drug-likeness (QED) is 0.635. The zero-order valence-corrected chi connectivity index (χ0v) is 11.3. The second-order valence-electron chi connectivity index (χ2n) is 3.61. The summed E-state index contributed by atoms with van der Waals surface area (Å²) in [4.78, 5) is 14.1. The Morgan fingerprint density at radius 2 is 1.95 bits per heavy atom. The first kappa shape index (κ1) is 13.6. The van der Waals surface area contributed by atoms with Gasteiger partial charge in [0.25, 0.3) is 0 Å². The molecule has 0 fully saturated rings. The van der Waals surface area contributed by atoms with Gasteiger partial charge in [0, 0.05) is 11.6 Å². The molecule has 98 valence electrons. The van der Waals surface area contributed by atoms with E-state index in [9.17, 15) is 10.1 Å². The fourth-order valence-electron chi connectivity index (χ4n) is 1.55. The first-order chi connectivity index (χ1) is 9.02. The number of halogens is 2. The van der Waals surface area contributed by atoms with Crippen molar-refractivity contribution < 1.29 is 9.66 Å². The van der Waals surface area contributed by atoms with Crippen LogP contribution in [-0.4, -0.2) is 17.0 Å². The number of nitrogens with zero attached hydrogens (tertiary/aromatic N) is 2. The van der Waals surface area contributed by atoms with E-state index in [1.807, 2.05) is 0 Å². The van der Waals surface area contributed by atoms with Gasteiger partial charge >= 0.3 is 5.82 Å². The van der Waals surface area contributed by atoms with Gasteiger partial charge in [-0.15, -0.1) is 0 Å². The highest BCUT2D eigenvalue weighted by molar-refractivity contribution is 6.42. The minimum atomic E-state index is -0.569. The van der Waals surface area contributed by atoms with E-state index in [0.29, 0.717) is 27.1 Å². The number of ether oxygens (including phenoxy) is 1. The molecule has 0 unspecified atom stereocenters. The Kier molecular flexibility index (Phi) is 3.87. The second kappa shape index (κ2) is 5.42. The van der Waals surface area contributed by atoms with E-state index < -0.39 is 4.92 Å². The standard InChI is InChI=1S/C12H8Cl2N2O3/c1-19-10-4-5-11(16(17)18)15-12(10)7-2-3-8(13)9(14)6-7/h2-6H,1H3. The molecule has 1 heterocycles. The maximum atomic E-state index is 10.8. The van der Waals surface area contributed by atoms with Gasteiger partial charge in [0.2, 0.25) is 5.69 Å². The summed E-state index contributed by atoms with van der Waals surface area (Å²) < 4.78 is 5.14. The monoisotopic (exact) mass is 298 g/mol. The highest BCUT2D eigenvalue weighted by Crippen LogP contribution is 2.33. The maximum absolute atomic E-state index is 10.8. The fraction of sp³-hybridized carbons (Fsp3) is 0.0833. The molecule has 1 aromatic carbocycles. The average Bonchev–Trinajstić information content (AvgIpc) is 2.41. The van der Waals surface area contributed by atoms with E-state index in [1.165, 1.54) is 19.2 Å². The van der Waals surface area contributed by atoms with Crippen LogP contribution in [0.2, 0.25) is 10.0 Å². The summed E-state index contributed by atoms with van der Waals surface area (Å²) >= 11 is 11.8. The lowest BCUT2D eigenvalue weighted by molar-refractivity contribution is -0.389. The van der Waals surface area contributed by atoms with Crippen molar-refractivity contribution in [3.05, 3.63) is 50.5 Å². The molecule has 5 nitrogen and oxygen atoms in total. The van der Waals surface area contributed by atoms with E-state index >= 15 is 0 Å². The van der Waals surface area contributed by atoms with Crippen molar-refractivity contribution in [3.63, 3.8) is 0 Å². The van der Waals surface area contributed by atoms with Gasteiger partial charge in [-0.1, -0.05) is 23.2 Å². The van der Waals surface area contributed by atoms with Gasteiger partial charge in [0.15, 0.2) is 5.75 Å². The summed E-state index contributed by atoms with van der Waals surface area (Å²) in [6.07, 6.45) is 0. The number of nitro groups is 1. The molecular formula is C12H8Cl2N2O3. The molecule has 19 heavy (non-hydrogen) atoms. The Bertz CT molecular complexity index is 647. The lowest BCUT2D eigenvalue weighted by Crippen LogP contribution is -1.97. The maximum Gasteiger partial charge on any atom is 0.364 e. The fourth-order valence-corrected chi connectivity index (χ4v) is 1.85. The normalized spacial score (nSPS) is 10.3. The minimum absolute atomic E-state index is 0.262. The second-order valence-corrected chi connectivity index (χ2v) is 4.42. The molecule has 2 rings (SSSR count). The summed E-state index contributed by atoms with van der Waals surface area (Å²) in [5.74, 6) is 0.158. The van der Waals surface area contributed by atoms with Crippen molar-refractivity contribution in [1.82, 2.24) is 4.98 Å². The average molecular weight is 299 g/mol. The van der Waals surface area contributed by atoms with E-state index in [-0.39, 0.29) is 5.82 Å². The van der Waals surface area contributed by atoms with Crippen LogP contribution in [-0.2, 0) is 0 Å². The molecule has 0 amide bonds. The van der Waals surface area contributed by atoms with Gasteiger partial charge < -0.3 is 14.9 Å². The van der Waals surface area contributed by atoms with Gasteiger partial charge in [0.05, 0.1) is 17.2 Å². The molecule has 0 aliphatic carbocycles. The summed E-state index contributed by atoms with van der Waals surface area (Å²) in [5, 5.41) is 11.5. The first-order valence-corrected chi connectivity index (χ1v) is 5.93. The van der Waals surface area contributed by atoms with Crippen LogP contribution in [0.5, 0.6) is 5.75 Å². The molecule has 0 radical (unpaired) electrons. The number of hydrogen-bond acceptors (Lipinski definition) is 4. The summed E-state index contributed by atoms with van der Waals surface area (Å²) in [6.45, 7) is 0. The molecule has 0 N–H and O–H groups in total. The van der Waals surface area contributed by atoms with Crippen LogP contribution in [0.1, 0.15) is 0 Å². The van der Waals surface area contributed by atoms with Crippen LogP contribution < -0.4 is 4.74 Å². The molecule has 7 heteroatoms. The van der Waals surface area contributed by atoms with Crippen LogP contribution in [0, 0.1) is 10.1 Å². The number of aromatic nitrogens is 1. The smallest absolute Gasteiger partial charge is 0.364 e. The summed E-state index contributed by atoms with van der Waals surface area (Å²) in [5.41, 5.74) is 0.935. The van der Waals surface area contributed by atoms with Gasteiger partial charge in [0.1, 0.15) is 0 Å². The molecule has 0 aliphatic heterocycles. The lowest BCUT2D eigenvalue weighted by atomic mass is 10.1. The number of pyridine rings is 1. The highest BCUT2D eigenvalue weighted by Gasteiger charge is 2.18. The van der Waals surface area contributed by atoms with E-state index in [1.54, 1.807) is 18.2 Å². The third-order valence-corrected chi connectivity index (χ3v) is 3.18. The number of methoxy groups -OCH3 is 1. The van der Waals surface area contributed by atoms with Crippen LogP contribution in [0.3, 0.4) is 0 Å². The minimum Gasteiger partial charge on any atom is -0.492 e. The molecule has 1 aromatic heterocycles. The first-order valence-electron chi connectivity index (χ1n) is 5.18. The Morgan fingerprint density at radius 1 is 1.21 bits per heavy atom. The molecule has 2 aromatic rings. The van der Waals surface area contributed by atoms with Crippen LogP contribution in [0.4, 0.5) is 5.82 Å². The Morgan fingerprint density at radius 3 is 2.53 bits per heavy atom. The third-order valence-electron chi connectivity index (χ3n) is 2.44. The number of hydrogen-bond donors (Lipinski definition) is 0. The van der Waals surface area contributed by atoms with Gasteiger partial charge in [-0.2, -0.15) is 0 Å². The Balaban J connectivity index is 2.61. The topological polar surface area (TPSA) is 65.3 Å². The molecule has 0 spiro atoms. The van der Waals surface area contributed by atoms with Gasteiger partial charge in [-0.3, -0.25) is 0 Å². The van der Waals surface area contributed by atoms with Crippen LogP contribution >= 0.6 is 23.2 Å². The van der Waals surface area contributed by atoms with Crippen molar-refractivity contribution in [2.75, 3.05) is 7.11 Å². The van der Waals surface area contributed by atoms with Gasteiger partial charge in [-0.05, 0) is 34.2 Å². The van der Waals surface area contributed by atoms with Crippen molar-refractivity contribution in [3.8, 4) is 17.0 Å². The zero-order valence-electron chi connectivity index (χ0n) is 9.76. The lowest BCUT2D eigenvalue weighted by Gasteiger charge is -2.05. The van der Waals surface area contributed by atoms with Crippen LogP contribution in [0.25, 0.3) is 11.3 Å². The predicted octanol–water partition coefficient (Wildman–Crippen LogP) is 3.97. The van der Waals surface area contributed by atoms with E-state index in [4.69, 9.17) is 27.9 Å². The molecule has 0 saturated carbocycles. The molecular weight excluding hydrogens is 291 g/mol. The van der Waals surface area contributed by atoms with Crippen LogP contribution in [0.15, 0.2) is 30.3 Å². The SMILES string of the molecule is COc1ccc([N+](=O)[O-])nc1-c1ccc(Cl)c(Cl)c1. The molecule has 0 atom stereocenters. The Hall–Kier alpha value is -1.85. The molecule has 0 saturated heterocycles. The number of rotatable bonds is 3. The van der Waals surface area contributed by atoms with Crippen molar-refractivity contribution in [2.24, 2.45) is 0 Å². The highest BCUT2D eigenvalue weighted by atomic mass is 35.5. The van der Waals surface area contributed by atoms with E-state index in [0.717, 1.165) is 0 Å². The van der Waals surface area contributed by atoms with Gasteiger partial charge in [-0.25, -0.2) is 0 Å². The predicted molar refractivity (Wildman–Crippen MR) is 72.9 cm³/mol. The van der Waals surface area contributed by atoms with E-state index in [2.05, 4.69) is 4.98 Å². The third kappa shape index (κ3) is 2.77. The van der Waals surface area contributed by atoms with Crippen molar-refractivity contribution >= 4 is 29.0 Å². The number of benzene rings is 1.